The minimum absolute atomic E-state index is 0.145. The number of nitrogens with zero attached hydrogens (tertiary/aromatic N) is 1. The van der Waals surface area contributed by atoms with Crippen LogP contribution in [-0.2, 0) is 30.0 Å². The van der Waals surface area contributed by atoms with E-state index in [-0.39, 0.29) is 18.4 Å². The van der Waals surface area contributed by atoms with Gasteiger partial charge in [-0.25, -0.2) is 4.79 Å². The van der Waals surface area contributed by atoms with Gasteiger partial charge in [-0.05, 0) is 77.0 Å². The van der Waals surface area contributed by atoms with Crippen molar-refractivity contribution in [3.05, 3.63) is 12.7 Å². The highest BCUT2D eigenvalue weighted by molar-refractivity contribution is 7.86. The average molecular weight is 692 g/mol. The lowest BCUT2D eigenvalue weighted by molar-refractivity contribution is -0.144. The van der Waals surface area contributed by atoms with Crippen LogP contribution in [0.4, 0.5) is 4.79 Å². The van der Waals surface area contributed by atoms with Crippen molar-refractivity contribution in [2.45, 2.75) is 153 Å². The Morgan fingerprint density at radius 2 is 1.67 bits per heavy atom. The molecule has 11 nitrogen and oxygen atoms in total. The number of carbonyl (C=O) groups is 5. The van der Waals surface area contributed by atoms with E-state index in [1.54, 1.807) is 4.90 Å². The monoisotopic (exact) mass is 691 g/mol. The van der Waals surface area contributed by atoms with Gasteiger partial charge in [0.05, 0.1) is 11.6 Å². The molecule has 0 spiro atoms. The normalized spacial score (nSPS) is 22.4. The summed E-state index contributed by atoms with van der Waals surface area (Å²) in [5.74, 6) is -1.64. The summed E-state index contributed by atoms with van der Waals surface area (Å²) in [6, 6.07) is -3.12. The van der Waals surface area contributed by atoms with E-state index in [2.05, 4.69) is 27.8 Å². The summed E-state index contributed by atoms with van der Waals surface area (Å²) in [5, 5.41) is 11.6. The van der Waals surface area contributed by atoms with E-state index in [0.29, 0.717) is 44.4 Å². The minimum atomic E-state index is -1.20. The maximum Gasteiger partial charge on any atom is 0.315 e. The fraction of sp³-hybridized carbons (Fsp3) is 0.806. The Morgan fingerprint density at radius 3 is 2.23 bits per heavy atom. The quantitative estimate of drug-likeness (QED) is 0.132. The van der Waals surface area contributed by atoms with Gasteiger partial charge < -0.3 is 26.2 Å². The molecular formula is C36H61N5O6S. The third-order valence-corrected chi connectivity index (χ3v) is 12.6. The van der Waals surface area contributed by atoms with Crippen LogP contribution in [0.3, 0.4) is 0 Å². The standard InChI is InChI=1S/C36H61N5O6S/c1-8-18-36(10-3,24-48(47)34(4,5)6)40-33(46)39-29(35(7)19-12-11-13-20-35)32(45)41-22-14-15-27(41)30(43)38-26(23-25-16-17-25)28(42)31(44)37-21-9-2/h9,25-27,29H,2,8,10-24H2,1,3-7H3,(H,37,44)(H,38,43)(H2,39,40,46). The molecule has 0 aromatic heterocycles. The summed E-state index contributed by atoms with van der Waals surface area (Å²) in [7, 11) is -1.20. The summed E-state index contributed by atoms with van der Waals surface area (Å²) in [5.41, 5.74) is -1.22. The van der Waals surface area contributed by atoms with E-state index in [1.165, 1.54) is 6.08 Å². The third-order valence-electron chi connectivity index (χ3n) is 10.5. The van der Waals surface area contributed by atoms with Crippen LogP contribution in [0.15, 0.2) is 12.7 Å². The second-order valence-electron chi connectivity index (χ2n) is 15.5. The van der Waals surface area contributed by atoms with Crippen LogP contribution >= 0.6 is 0 Å². The van der Waals surface area contributed by atoms with E-state index < -0.39 is 68.3 Å². The number of hydrogen-bond donors (Lipinski definition) is 4. The predicted octanol–water partition coefficient (Wildman–Crippen LogP) is 4.27. The molecule has 4 N–H and O–H groups in total. The van der Waals surface area contributed by atoms with Gasteiger partial charge in [-0.3, -0.25) is 23.4 Å². The number of rotatable bonds is 17. The molecule has 3 rings (SSSR count). The molecule has 1 heterocycles. The van der Waals surface area contributed by atoms with E-state index >= 15 is 0 Å². The van der Waals surface area contributed by atoms with Crippen LogP contribution in [0.5, 0.6) is 0 Å². The van der Waals surface area contributed by atoms with E-state index in [0.717, 1.165) is 51.4 Å². The SMILES string of the molecule is C=CCNC(=O)C(=O)C(CC1CC1)NC(=O)C1CCCN1C(=O)C(NC(=O)NC(CC)(CCC)CS(=O)C(C)(C)C)C1(C)CCCCC1. The van der Waals surface area contributed by atoms with E-state index in [4.69, 9.17) is 0 Å². The van der Waals surface area contributed by atoms with Gasteiger partial charge in [0.15, 0.2) is 0 Å². The molecule has 272 valence electrons. The molecule has 0 aromatic rings. The highest BCUT2D eigenvalue weighted by Gasteiger charge is 2.47. The molecule has 12 heteroatoms. The number of likely N-dealkylation sites (tertiary alicyclic amines) is 1. The summed E-state index contributed by atoms with van der Waals surface area (Å²) in [4.78, 5) is 69.3. The molecule has 3 fully saturated rings. The Labute approximate surface area is 290 Å². The first-order chi connectivity index (χ1) is 22.6. The molecule has 0 radical (unpaired) electrons. The molecule has 3 aliphatic rings. The molecule has 5 unspecified atom stereocenters. The fourth-order valence-electron chi connectivity index (χ4n) is 7.14. The molecule has 5 amide bonds. The summed E-state index contributed by atoms with van der Waals surface area (Å²) in [6.07, 6.45) is 11.3. The number of hydrogen-bond acceptors (Lipinski definition) is 6. The molecule has 1 saturated heterocycles. The molecule has 2 saturated carbocycles. The van der Waals surface area contributed by atoms with E-state index in [1.807, 2.05) is 41.5 Å². The summed E-state index contributed by atoms with van der Waals surface area (Å²) in [6.45, 7) is 15.9. The second-order valence-corrected chi connectivity index (χ2v) is 17.7. The lowest BCUT2D eigenvalue weighted by Gasteiger charge is -2.43. The highest BCUT2D eigenvalue weighted by Crippen LogP contribution is 2.40. The average Bonchev–Trinajstić information content (AvgIpc) is 3.72. The lowest BCUT2D eigenvalue weighted by atomic mass is 9.70. The van der Waals surface area contributed by atoms with Crippen LogP contribution in [0.2, 0.25) is 0 Å². The first-order valence-corrected chi connectivity index (χ1v) is 19.4. The Bertz CT molecular complexity index is 1210. The molecule has 0 aromatic carbocycles. The van der Waals surface area contributed by atoms with Crippen LogP contribution < -0.4 is 21.3 Å². The Kier molecular flexibility index (Phi) is 14.3. The Balaban J connectivity index is 1.83. The highest BCUT2D eigenvalue weighted by atomic mass is 32.2. The summed E-state index contributed by atoms with van der Waals surface area (Å²) < 4.78 is 12.8. The molecule has 2 aliphatic carbocycles. The van der Waals surface area contributed by atoms with Crippen molar-refractivity contribution in [2.75, 3.05) is 18.8 Å². The second kappa shape index (κ2) is 17.3. The van der Waals surface area contributed by atoms with Gasteiger partial charge >= 0.3 is 6.03 Å². The van der Waals surface area contributed by atoms with Gasteiger partial charge in [0.1, 0.15) is 12.1 Å². The van der Waals surface area contributed by atoms with Gasteiger partial charge in [-0.1, -0.05) is 65.4 Å². The number of amides is 5. The predicted molar refractivity (Wildman–Crippen MR) is 190 cm³/mol. The van der Waals surface area contributed by atoms with Gasteiger partial charge in [0.2, 0.25) is 17.6 Å². The van der Waals surface area contributed by atoms with Gasteiger partial charge in [-0.2, -0.15) is 0 Å². The van der Waals surface area contributed by atoms with Gasteiger partial charge in [0, 0.05) is 34.4 Å². The van der Waals surface area contributed by atoms with Gasteiger partial charge in [-0.15, -0.1) is 6.58 Å². The zero-order valence-electron chi connectivity index (χ0n) is 30.2. The molecule has 0 bridgehead atoms. The largest absolute Gasteiger partial charge is 0.346 e. The fourth-order valence-corrected chi connectivity index (χ4v) is 8.50. The first-order valence-electron chi connectivity index (χ1n) is 18.1. The van der Waals surface area contributed by atoms with Crippen molar-refractivity contribution in [1.82, 2.24) is 26.2 Å². The Hall–Kier alpha value is -2.76. The first kappa shape index (κ1) is 39.7. The van der Waals surface area contributed by atoms with Crippen molar-refractivity contribution >= 4 is 40.3 Å². The van der Waals surface area contributed by atoms with Gasteiger partial charge in [0.25, 0.3) is 5.91 Å². The minimum Gasteiger partial charge on any atom is -0.346 e. The number of carbonyl (C=O) groups excluding carboxylic acids is 5. The number of urea groups is 1. The van der Waals surface area contributed by atoms with Crippen LogP contribution in [0, 0.1) is 11.3 Å². The maximum atomic E-state index is 14.5. The van der Waals surface area contributed by atoms with Crippen LogP contribution in [0.25, 0.3) is 0 Å². The van der Waals surface area contributed by atoms with Crippen molar-refractivity contribution in [3.63, 3.8) is 0 Å². The van der Waals surface area contributed by atoms with Crippen LogP contribution in [0.1, 0.15) is 125 Å². The number of nitrogens with one attached hydrogen (secondary N) is 4. The molecular weight excluding hydrogens is 630 g/mol. The van der Waals surface area contributed by atoms with Crippen molar-refractivity contribution < 1.29 is 28.2 Å². The number of Topliss-reactive ketones (excluding diaryl/α,β-unsaturated/α-hetero) is 1. The molecule has 5 atom stereocenters. The zero-order valence-corrected chi connectivity index (χ0v) is 31.0. The van der Waals surface area contributed by atoms with Crippen LogP contribution in [-0.4, -0.2) is 85.9 Å². The number of ketones is 1. The van der Waals surface area contributed by atoms with Crippen molar-refractivity contribution in [3.8, 4) is 0 Å². The maximum absolute atomic E-state index is 14.5. The van der Waals surface area contributed by atoms with Crippen molar-refractivity contribution in [2.24, 2.45) is 11.3 Å². The zero-order chi connectivity index (χ0) is 35.7. The third kappa shape index (κ3) is 10.6. The topological polar surface area (TPSA) is 154 Å². The lowest BCUT2D eigenvalue weighted by Crippen LogP contribution is -2.63. The summed E-state index contributed by atoms with van der Waals surface area (Å²) >= 11 is 0. The van der Waals surface area contributed by atoms with E-state index in [9.17, 15) is 28.2 Å². The molecule has 1 aliphatic heterocycles. The van der Waals surface area contributed by atoms with Crippen molar-refractivity contribution in [1.29, 1.82) is 0 Å². The smallest absolute Gasteiger partial charge is 0.315 e. The molecule has 48 heavy (non-hydrogen) atoms. The Morgan fingerprint density at radius 1 is 1.00 bits per heavy atom.